The minimum absolute atomic E-state index is 0.0731. The van der Waals surface area contributed by atoms with E-state index in [4.69, 9.17) is 0 Å². The normalized spacial score (nSPS) is 19.4. The number of nitrogens with zero attached hydrogens (tertiary/aromatic N) is 5. The van der Waals surface area contributed by atoms with E-state index < -0.39 is 11.0 Å². The number of hydrogen-bond acceptors (Lipinski definition) is 8. The molecule has 0 radical (unpaired) electrons. The lowest BCUT2D eigenvalue weighted by Gasteiger charge is -2.37. The summed E-state index contributed by atoms with van der Waals surface area (Å²) in [6.07, 6.45) is 5.06. The van der Waals surface area contributed by atoms with Crippen molar-refractivity contribution in [1.29, 1.82) is 5.26 Å². The number of carbonyl (C=O) groups is 3. The van der Waals surface area contributed by atoms with Gasteiger partial charge in [-0.15, -0.1) is 10.2 Å². The average molecular weight is 582 g/mol. The Morgan fingerprint density at radius 1 is 1.02 bits per heavy atom. The first-order valence-electron chi connectivity index (χ1n) is 14.7. The maximum Gasteiger partial charge on any atom is 0.251 e. The Morgan fingerprint density at radius 2 is 1.65 bits per heavy atom. The Labute approximate surface area is 249 Å². The summed E-state index contributed by atoms with van der Waals surface area (Å²) in [5.41, 5.74) is 3.76. The summed E-state index contributed by atoms with van der Waals surface area (Å²) < 4.78 is 0. The van der Waals surface area contributed by atoms with Gasteiger partial charge in [0, 0.05) is 37.3 Å². The van der Waals surface area contributed by atoms with Crippen LogP contribution < -0.4 is 16.0 Å². The minimum atomic E-state index is -0.883. The molecule has 1 aromatic heterocycles. The van der Waals surface area contributed by atoms with Gasteiger partial charge in [0.15, 0.2) is 5.82 Å². The molecule has 2 aliphatic carbocycles. The number of aromatic nitrogens is 4. The Morgan fingerprint density at radius 3 is 2.16 bits per heavy atom. The Hall–Kier alpha value is -4.63. The molecule has 12 nitrogen and oxygen atoms in total. The number of hydrogen-bond donors (Lipinski definition) is 4. The molecule has 2 aromatic carbocycles. The predicted octanol–water partition coefficient (Wildman–Crippen LogP) is 1.38. The molecule has 43 heavy (non-hydrogen) atoms. The monoisotopic (exact) mass is 581 g/mol. The van der Waals surface area contributed by atoms with Crippen LogP contribution in [0.15, 0.2) is 36.4 Å². The smallest absolute Gasteiger partial charge is 0.251 e. The van der Waals surface area contributed by atoms with Crippen LogP contribution in [0.2, 0.25) is 0 Å². The number of aromatic amines is 1. The van der Waals surface area contributed by atoms with Gasteiger partial charge >= 0.3 is 0 Å². The molecule has 1 atom stereocenters. The Kier molecular flexibility index (Phi) is 7.43. The number of H-pyrrole nitrogens is 1. The van der Waals surface area contributed by atoms with Crippen LogP contribution in [0.4, 0.5) is 0 Å². The van der Waals surface area contributed by atoms with Crippen LogP contribution in [0, 0.1) is 11.3 Å². The first kappa shape index (κ1) is 28.5. The van der Waals surface area contributed by atoms with Gasteiger partial charge in [0.05, 0.1) is 18.0 Å². The molecule has 12 heteroatoms. The van der Waals surface area contributed by atoms with E-state index in [-0.39, 0.29) is 30.3 Å². The first-order valence-corrected chi connectivity index (χ1v) is 14.7. The van der Waals surface area contributed by atoms with Crippen molar-refractivity contribution in [3.63, 3.8) is 0 Å². The molecule has 3 aromatic rings. The minimum Gasteiger partial charge on any atom is -0.355 e. The number of aryl methyl sites for hydroxylation is 2. The summed E-state index contributed by atoms with van der Waals surface area (Å²) in [6.45, 7) is 0.728. The summed E-state index contributed by atoms with van der Waals surface area (Å²) in [7, 11) is 3.22. The van der Waals surface area contributed by atoms with Crippen molar-refractivity contribution in [3.8, 4) is 6.07 Å². The van der Waals surface area contributed by atoms with E-state index >= 15 is 0 Å². The maximum absolute atomic E-state index is 13.2. The van der Waals surface area contributed by atoms with Crippen molar-refractivity contribution < 1.29 is 14.4 Å². The van der Waals surface area contributed by atoms with Crippen LogP contribution >= 0.6 is 0 Å². The summed E-state index contributed by atoms with van der Waals surface area (Å²) in [4.78, 5) is 40.1. The van der Waals surface area contributed by atoms with Gasteiger partial charge in [-0.3, -0.25) is 14.4 Å². The summed E-state index contributed by atoms with van der Waals surface area (Å²) in [5, 5.41) is 34.2. The number of amides is 3. The largest absolute Gasteiger partial charge is 0.355 e. The third-order valence-electron chi connectivity index (χ3n) is 9.29. The fourth-order valence-corrected chi connectivity index (χ4v) is 6.91. The lowest BCUT2D eigenvalue weighted by molar-refractivity contribution is -0.130. The quantitative estimate of drug-likeness (QED) is 0.309. The van der Waals surface area contributed by atoms with E-state index in [1.54, 1.807) is 19.0 Å². The van der Waals surface area contributed by atoms with E-state index in [1.165, 1.54) is 0 Å². The van der Waals surface area contributed by atoms with Gasteiger partial charge in [-0.25, -0.2) is 0 Å². The number of tetrazole rings is 1. The molecule has 0 spiro atoms. The zero-order valence-electron chi connectivity index (χ0n) is 24.4. The molecule has 1 saturated carbocycles. The van der Waals surface area contributed by atoms with Crippen molar-refractivity contribution in [2.45, 2.75) is 61.9 Å². The number of nitrogens with one attached hydrogen (secondary N) is 4. The van der Waals surface area contributed by atoms with Crippen molar-refractivity contribution in [1.82, 2.24) is 41.5 Å². The summed E-state index contributed by atoms with van der Waals surface area (Å²) in [5.74, 6) is 0.0675. The van der Waals surface area contributed by atoms with Crippen LogP contribution in [0.5, 0.6) is 0 Å². The molecule has 1 saturated heterocycles. The van der Waals surface area contributed by atoms with Crippen LogP contribution in [-0.2, 0) is 23.1 Å². The second-order valence-electron chi connectivity index (χ2n) is 11.7. The van der Waals surface area contributed by atoms with Gasteiger partial charge in [-0.2, -0.15) is 10.5 Å². The van der Waals surface area contributed by atoms with Crippen molar-refractivity contribution in [2.24, 2.45) is 0 Å². The lowest BCUT2D eigenvalue weighted by Crippen LogP contribution is -2.47. The number of rotatable bonds is 8. The topological polar surface area (TPSA) is 169 Å². The van der Waals surface area contributed by atoms with E-state index in [0.717, 1.165) is 41.5 Å². The molecule has 222 valence electrons. The molecule has 1 aliphatic heterocycles. The average Bonchev–Trinajstić information content (AvgIpc) is 3.38. The molecule has 0 bridgehead atoms. The summed E-state index contributed by atoms with van der Waals surface area (Å²) in [6, 6.07) is 13.4. The number of nitriles is 1. The number of benzene rings is 2. The third-order valence-corrected chi connectivity index (χ3v) is 9.29. The summed E-state index contributed by atoms with van der Waals surface area (Å²) >= 11 is 0. The van der Waals surface area contributed by atoms with Crippen LogP contribution in [0.1, 0.15) is 80.9 Å². The van der Waals surface area contributed by atoms with E-state index in [1.807, 2.05) is 36.4 Å². The van der Waals surface area contributed by atoms with Gasteiger partial charge in [0.2, 0.25) is 5.91 Å². The fourth-order valence-electron chi connectivity index (χ4n) is 6.91. The molecule has 4 N–H and O–H groups in total. The number of fused-ring (bicyclic) bond motifs is 2. The zero-order valence-corrected chi connectivity index (χ0v) is 24.4. The maximum atomic E-state index is 13.2. The predicted molar refractivity (Wildman–Crippen MR) is 156 cm³/mol. The SMILES string of the molecule is CNC(=O)c1ccc2c(c1)CCc1cc(C(=O)NC)ccc1C2(CC1(NCC(=O)N2CCCC2C#N)CC1)c1nn[nH]n1. The van der Waals surface area contributed by atoms with Gasteiger partial charge in [0.25, 0.3) is 11.8 Å². The molecule has 2 fully saturated rings. The molecule has 2 heterocycles. The highest BCUT2D eigenvalue weighted by Crippen LogP contribution is 2.53. The standard InChI is InChI=1S/C31H35N9O3/c1-33-27(42)21-7-9-24-19(14-21)5-6-20-15-22(28(43)34-2)8-10-25(20)31(24,29-36-38-39-37-29)18-30(11-12-30)35-17-26(41)40-13-3-4-23(40)16-32/h7-10,14-15,23,35H,3-6,11-13,17-18H2,1-2H3,(H,33,42)(H,34,43)(H,36,37,38,39). The zero-order chi connectivity index (χ0) is 30.2. The fraction of sp³-hybridized carbons (Fsp3) is 0.452. The van der Waals surface area contributed by atoms with Gasteiger partial charge in [-0.05, 0) is 91.5 Å². The molecule has 3 amide bonds. The second kappa shape index (κ2) is 11.2. The van der Waals surface area contributed by atoms with Crippen molar-refractivity contribution in [3.05, 3.63) is 75.6 Å². The van der Waals surface area contributed by atoms with Gasteiger partial charge in [-0.1, -0.05) is 17.3 Å². The van der Waals surface area contributed by atoms with Crippen LogP contribution in [-0.4, -0.2) is 82.0 Å². The lowest BCUT2D eigenvalue weighted by atomic mass is 9.67. The highest BCUT2D eigenvalue weighted by atomic mass is 16.2. The molecule has 6 rings (SSSR count). The first-order chi connectivity index (χ1) is 20.8. The molecular weight excluding hydrogens is 546 g/mol. The van der Waals surface area contributed by atoms with Gasteiger partial charge < -0.3 is 20.9 Å². The molecular formula is C31H35N9O3. The van der Waals surface area contributed by atoms with Crippen molar-refractivity contribution >= 4 is 17.7 Å². The number of likely N-dealkylation sites (tertiary alicyclic amines) is 1. The van der Waals surface area contributed by atoms with Crippen LogP contribution in [0.3, 0.4) is 0 Å². The third kappa shape index (κ3) is 5.03. The van der Waals surface area contributed by atoms with E-state index in [0.29, 0.717) is 49.2 Å². The Balaban J connectivity index is 1.46. The number of carbonyl (C=O) groups excluding carboxylic acids is 3. The van der Waals surface area contributed by atoms with E-state index in [2.05, 4.69) is 42.6 Å². The highest BCUT2D eigenvalue weighted by Gasteiger charge is 2.55. The highest BCUT2D eigenvalue weighted by molar-refractivity contribution is 5.95. The van der Waals surface area contributed by atoms with E-state index in [9.17, 15) is 19.6 Å². The van der Waals surface area contributed by atoms with Gasteiger partial charge in [0.1, 0.15) is 6.04 Å². The Bertz CT molecular complexity index is 1540. The van der Waals surface area contributed by atoms with Crippen LogP contribution in [0.25, 0.3) is 0 Å². The molecule has 3 aliphatic rings. The van der Waals surface area contributed by atoms with Crippen molar-refractivity contribution in [2.75, 3.05) is 27.2 Å². The second-order valence-corrected chi connectivity index (χ2v) is 11.7. The molecule has 1 unspecified atom stereocenters.